The molecule has 2 rings (SSSR count). The predicted molar refractivity (Wildman–Crippen MR) is 122 cm³/mol. The van der Waals surface area contributed by atoms with Crippen LogP contribution in [0.5, 0.6) is 0 Å². The lowest BCUT2D eigenvalue weighted by atomic mass is 10.0. The lowest BCUT2D eigenvalue weighted by Crippen LogP contribution is -2.54. The van der Waals surface area contributed by atoms with E-state index in [9.17, 15) is 24.0 Å². The number of amides is 3. The quantitative estimate of drug-likeness (QED) is 0.165. The highest BCUT2D eigenvalue weighted by molar-refractivity contribution is 5.92. The molecule has 0 saturated heterocycles. The first kappa shape index (κ1) is 27.0. The van der Waals surface area contributed by atoms with Crippen LogP contribution in [0, 0.1) is 0 Å². The number of rotatable bonds is 14. The van der Waals surface area contributed by atoms with Gasteiger partial charge in [0.05, 0.1) is 18.9 Å². The zero-order chi connectivity index (χ0) is 25.8. The Balaban J connectivity index is 1.99. The zero-order valence-electron chi connectivity index (χ0n) is 18.8. The van der Waals surface area contributed by atoms with E-state index in [1.54, 1.807) is 30.3 Å². The minimum absolute atomic E-state index is 0.118. The van der Waals surface area contributed by atoms with Crippen LogP contribution in [0.3, 0.4) is 0 Å². The van der Waals surface area contributed by atoms with Gasteiger partial charge in [0.1, 0.15) is 12.1 Å². The molecule has 0 aliphatic heterocycles. The maximum absolute atomic E-state index is 12.8. The van der Waals surface area contributed by atoms with Crippen LogP contribution in [-0.2, 0) is 36.8 Å². The second-order valence-corrected chi connectivity index (χ2v) is 7.75. The van der Waals surface area contributed by atoms with Crippen LogP contribution in [-0.4, -0.2) is 74.5 Å². The van der Waals surface area contributed by atoms with Gasteiger partial charge < -0.3 is 36.9 Å². The lowest BCUT2D eigenvalue weighted by Gasteiger charge is -2.21. The Labute approximate surface area is 200 Å². The van der Waals surface area contributed by atoms with E-state index < -0.39 is 60.8 Å². The molecule has 0 saturated carbocycles. The first-order chi connectivity index (χ1) is 16.7. The average molecular weight is 489 g/mol. The highest BCUT2D eigenvalue weighted by atomic mass is 16.4. The molecule has 1 heterocycles. The van der Waals surface area contributed by atoms with E-state index in [1.165, 1.54) is 12.5 Å². The van der Waals surface area contributed by atoms with Crippen molar-refractivity contribution >= 4 is 29.7 Å². The number of carboxylic acid groups (broad SMARTS) is 2. The summed E-state index contributed by atoms with van der Waals surface area (Å²) in [5, 5.41) is 25.0. The van der Waals surface area contributed by atoms with Crippen LogP contribution in [0.25, 0.3) is 0 Å². The molecule has 0 aliphatic carbocycles. The van der Waals surface area contributed by atoms with Crippen LogP contribution < -0.4 is 21.7 Å². The standard InChI is InChI=1S/C22H28N6O7/c23-15(9-14-10-24-12-26-14)20(32)28-17(8-13-4-2-1-3-5-13)21(33)25-11-18(29)27-16(22(34)35)6-7-19(30)31/h1-5,10,12,15-17H,6-9,11,23H2,(H,24,26)(H,25,33)(H,27,29)(H,28,32)(H,30,31)(H,34,35). The lowest BCUT2D eigenvalue weighted by molar-refractivity contribution is -0.143. The molecule has 3 atom stereocenters. The third-order valence-electron chi connectivity index (χ3n) is 4.95. The molecule has 13 heteroatoms. The summed E-state index contributed by atoms with van der Waals surface area (Å²) >= 11 is 0. The summed E-state index contributed by atoms with van der Waals surface area (Å²) in [7, 11) is 0. The zero-order valence-corrected chi connectivity index (χ0v) is 18.8. The number of hydrogen-bond donors (Lipinski definition) is 7. The van der Waals surface area contributed by atoms with E-state index >= 15 is 0 Å². The molecule has 0 fully saturated rings. The number of nitrogens with one attached hydrogen (secondary N) is 4. The van der Waals surface area contributed by atoms with Crippen LogP contribution >= 0.6 is 0 Å². The molecule has 0 aliphatic rings. The van der Waals surface area contributed by atoms with E-state index in [4.69, 9.17) is 15.9 Å². The van der Waals surface area contributed by atoms with Crippen LogP contribution in [0.15, 0.2) is 42.9 Å². The van der Waals surface area contributed by atoms with E-state index in [0.29, 0.717) is 5.69 Å². The fourth-order valence-corrected chi connectivity index (χ4v) is 3.12. The van der Waals surface area contributed by atoms with Crippen molar-refractivity contribution in [2.45, 2.75) is 43.8 Å². The number of aromatic amines is 1. The largest absolute Gasteiger partial charge is 0.481 e. The predicted octanol–water partition coefficient (Wildman–Crippen LogP) is -1.44. The van der Waals surface area contributed by atoms with Gasteiger partial charge in [0.15, 0.2) is 0 Å². The first-order valence-corrected chi connectivity index (χ1v) is 10.7. The molecule has 8 N–H and O–H groups in total. The minimum atomic E-state index is -1.42. The summed E-state index contributed by atoms with van der Waals surface area (Å²) in [6, 6.07) is 5.43. The van der Waals surface area contributed by atoms with Gasteiger partial charge in [-0.3, -0.25) is 19.2 Å². The summed E-state index contributed by atoms with van der Waals surface area (Å²) in [6.45, 7) is -0.572. The highest BCUT2D eigenvalue weighted by Crippen LogP contribution is 2.05. The molecule has 1 aromatic carbocycles. The number of nitrogens with zero attached hydrogens (tertiary/aromatic N) is 1. The van der Waals surface area contributed by atoms with Crippen molar-refractivity contribution in [3.63, 3.8) is 0 Å². The minimum Gasteiger partial charge on any atom is -0.481 e. The Bertz CT molecular complexity index is 1010. The summed E-state index contributed by atoms with van der Waals surface area (Å²) in [5.41, 5.74) is 7.34. The van der Waals surface area contributed by atoms with Gasteiger partial charge in [-0.1, -0.05) is 30.3 Å². The molecule has 0 radical (unpaired) electrons. The fourth-order valence-electron chi connectivity index (χ4n) is 3.12. The van der Waals surface area contributed by atoms with Gasteiger partial charge in [0.2, 0.25) is 17.7 Å². The molecule has 188 valence electrons. The topological polar surface area (TPSA) is 217 Å². The smallest absolute Gasteiger partial charge is 0.326 e. The van der Waals surface area contributed by atoms with Crippen LogP contribution in [0.2, 0.25) is 0 Å². The molecule has 2 aromatic rings. The molecule has 1 aromatic heterocycles. The number of aliphatic carboxylic acids is 2. The average Bonchev–Trinajstić information content (AvgIpc) is 3.33. The summed E-state index contributed by atoms with van der Waals surface area (Å²) in [4.78, 5) is 66.2. The summed E-state index contributed by atoms with van der Waals surface area (Å²) in [6.07, 6.45) is 2.50. The number of carbonyl (C=O) groups is 5. The molecular formula is C22H28N6O7. The van der Waals surface area contributed by atoms with Crippen LogP contribution in [0.4, 0.5) is 0 Å². The van der Waals surface area contributed by atoms with Crippen LogP contribution in [0.1, 0.15) is 24.1 Å². The molecule has 3 amide bonds. The molecule has 3 unspecified atom stereocenters. The van der Waals surface area contributed by atoms with Gasteiger partial charge in [-0.25, -0.2) is 9.78 Å². The van der Waals surface area contributed by atoms with E-state index in [-0.39, 0.29) is 19.3 Å². The number of carbonyl (C=O) groups excluding carboxylic acids is 3. The van der Waals surface area contributed by atoms with E-state index in [1.807, 2.05) is 0 Å². The second-order valence-electron chi connectivity index (χ2n) is 7.75. The maximum atomic E-state index is 12.8. The third-order valence-corrected chi connectivity index (χ3v) is 4.95. The molecule has 0 bridgehead atoms. The molecular weight excluding hydrogens is 460 g/mol. The maximum Gasteiger partial charge on any atom is 0.326 e. The number of benzene rings is 1. The Morgan fingerprint density at radius 1 is 0.971 bits per heavy atom. The number of aromatic nitrogens is 2. The number of hydrogen-bond acceptors (Lipinski definition) is 7. The Hall–Kier alpha value is -4.26. The van der Waals surface area contributed by atoms with Gasteiger partial charge in [-0.2, -0.15) is 0 Å². The highest BCUT2D eigenvalue weighted by Gasteiger charge is 2.26. The van der Waals surface area contributed by atoms with Gasteiger partial charge >= 0.3 is 11.9 Å². The van der Waals surface area contributed by atoms with Crippen molar-refractivity contribution in [2.75, 3.05) is 6.54 Å². The SMILES string of the molecule is NC(Cc1cnc[nH]1)C(=O)NC(Cc1ccccc1)C(=O)NCC(=O)NC(CCC(=O)O)C(=O)O. The second kappa shape index (κ2) is 13.4. The van der Waals surface area contributed by atoms with Gasteiger partial charge in [0, 0.05) is 31.2 Å². The van der Waals surface area contributed by atoms with Crippen molar-refractivity contribution < 1.29 is 34.2 Å². The van der Waals surface area contributed by atoms with E-state index in [0.717, 1.165) is 5.56 Å². The Morgan fingerprint density at radius 3 is 2.29 bits per heavy atom. The molecule has 35 heavy (non-hydrogen) atoms. The number of imidazole rings is 1. The number of nitrogens with two attached hydrogens (primary N) is 1. The summed E-state index contributed by atoms with van der Waals surface area (Å²) in [5.74, 6) is -4.68. The monoisotopic (exact) mass is 488 g/mol. The normalized spacial score (nSPS) is 13.2. The van der Waals surface area contributed by atoms with Crippen molar-refractivity contribution in [1.29, 1.82) is 0 Å². The Morgan fingerprint density at radius 2 is 1.69 bits per heavy atom. The summed E-state index contributed by atoms with van der Waals surface area (Å²) < 4.78 is 0. The fraction of sp³-hybridized carbons (Fsp3) is 0.364. The van der Waals surface area contributed by atoms with Gasteiger partial charge in [0.25, 0.3) is 0 Å². The Kier molecular flexibility index (Phi) is 10.4. The van der Waals surface area contributed by atoms with Crippen molar-refractivity contribution in [2.24, 2.45) is 5.73 Å². The number of carboxylic acids is 2. The van der Waals surface area contributed by atoms with Gasteiger partial charge in [-0.15, -0.1) is 0 Å². The third kappa shape index (κ3) is 9.63. The molecule has 0 spiro atoms. The van der Waals surface area contributed by atoms with Crippen molar-refractivity contribution in [3.8, 4) is 0 Å². The van der Waals surface area contributed by atoms with E-state index in [2.05, 4.69) is 25.9 Å². The number of H-pyrrole nitrogens is 1. The van der Waals surface area contributed by atoms with Crippen molar-refractivity contribution in [3.05, 3.63) is 54.1 Å². The van der Waals surface area contributed by atoms with Crippen molar-refractivity contribution in [1.82, 2.24) is 25.9 Å². The first-order valence-electron chi connectivity index (χ1n) is 10.7. The molecule has 13 nitrogen and oxygen atoms in total. The van der Waals surface area contributed by atoms with Gasteiger partial charge in [-0.05, 0) is 12.0 Å².